The molecular formula is C20H19ClF3N3O4. The summed E-state index contributed by atoms with van der Waals surface area (Å²) < 4.78 is 37.9. The first kappa shape index (κ1) is 24.1. The minimum Gasteiger partial charge on any atom is -0.350 e. The maximum absolute atomic E-state index is 12.6. The van der Waals surface area contributed by atoms with Crippen molar-refractivity contribution in [2.75, 3.05) is 0 Å². The molecule has 166 valence electrons. The first-order chi connectivity index (χ1) is 14.4. The molecule has 1 atom stereocenters. The molecule has 0 unspecified atom stereocenters. The molecule has 2 aromatic rings. The molecule has 7 nitrogen and oxygen atoms in total. The molecular weight excluding hydrogens is 439 g/mol. The van der Waals surface area contributed by atoms with Gasteiger partial charge in [-0.3, -0.25) is 19.7 Å². The summed E-state index contributed by atoms with van der Waals surface area (Å²) in [5.41, 5.74) is -0.659. The van der Waals surface area contributed by atoms with E-state index in [1.54, 1.807) is 13.8 Å². The third kappa shape index (κ3) is 6.42. The van der Waals surface area contributed by atoms with E-state index in [4.69, 9.17) is 11.6 Å². The number of nitrogens with zero attached hydrogens (tertiary/aromatic N) is 1. The van der Waals surface area contributed by atoms with Crippen LogP contribution in [0.5, 0.6) is 0 Å². The highest BCUT2D eigenvalue weighted by molar-refractivity contribution is 6.34. The predicted molar refractivity (Wildman–Crippen MR) is 107 cm³/mol. The summed E-state index contributed by atoms with van der Waals surface area (Å²) in [6, 6.07) is 6.72. The van der Waals surface area contributed by atoms with Crippen LogP contribution in [0.3, 0.4) is 0 Å². The predicted octanol–water partition coefficient (Wildman–Crippen LogP) is 4.34. The summed E-state index contributed by atoms with van der Waals surface area (Å²) >= 11 is 5.95. The Balaban J connectivity index is 2.05. The number of nitro benzene ring substituents is 1. The quantitative estimate of drug-likeness (QED) is 0.477. The SMILES string of the molecule is CC(C)[C@H](NC(=O)c1ccc([N+](=O)[O-])cc1Cl)C(=O)NCc1ccc(C(F)(F)F)cc1. The van der Waals surface area contributed by atoms with Gasteiger partial charge in [-0.1, -0.05) is 37.6 Å². The fourth-order valence-corrected chi connectivity index (χ4v) is 2.93. The molecule has 2 aromatic carbocycles. The maximum atomic E-state index is 12.6. The molecule has 0 fully saturated rings. The number of amides is 2. The van der Waals surface area contributed by atoms with E-state index in [0.717, 1.165) is 24.3 Å². The van der Waals surface area contributed by atoms with Gasteiger partial charge in [0.2, 0.25) is 5.91 Å². The molecule has 0 aliphatic rings. The second-order valence-corrected chi connectivity index (χ2v) is 7.44. The largest absolute Gasteiger partial charge is 0.416 e. The number of non-ortho nitro benzene ring substituents is 1. The Bertz CT molecular complexity index is 979. The van der Waals surface area contributed by atoms with Crippen molar-refractivity contribution in [1.82, 2.24) is 10.6 Å². The maximum Gasteiger partial charge on any atom is 0.416 e. The minimum atomic E-state index is -4.45. The van der Waals surface area contributed by atoms with Gasteiger partial charge in [0.05, 0.1) is 21.1 Å². The summed E-state index contributed by atoms with van der Waals surface area (Å²) in [5.74, 6) is -1.56. The van der Waals surface area contributed by atoms with Crippen LogP contribution in [0.25, 0.3) is 0 Å². The highest BCUT2D eigenvalue weighted by atomic mass is 35.5. The van der Waals surface area contributed by atoms with Crippen molar-refractivity contribution in [2.45, 2.75) is 32.6 Å². The molecule has 0 saturated heterocycles. The summed E-state index contributed by atoms with van der Waals surface area (Å²) in [4.78, 5) is 35.2. The highest BCUT2D eigenvalue weighted by Crippen LogP contribution is 2.29. The lowest BCUT2D eigenvalue weighted by Crippen LogP contribution is -2.49. The molecule has 0 aliphatic carbocycles. The Morgan fingerprint density at radius 1 is 1.13 bits per heavy atom. The van der Waals surface area contributed by atoms with Crippen molar-refractivity contribution in [1.29, 1.82) is 0 Å². The summed E-state index contributed by atoms with van der Waals surface area (Å²) in [6.07, 6.45) is -4.45. The molecule has 2 amide bonds. The molecule has 0 heterocycles. The molecule has 2 N–H and O–H groups in total. The van der Waals surface area contributed by atoms with E-state index in [9.17, 15) is 32.9 Å². The van der Waals surface area contributed by atoms with E-state index in [2.05, 4.69) is 10.6 Å². The van der Waals surface area contributed by atoms with Crippen molar-refractivity contribution in [3.8, 4) is 0 Å². The van der Waals surface area contributed by atoms with Gasteiger partial charge in [-0.2, -0.15) is 13.2 Å². The lowest BCUT2D eigenvalue weighted by atomic mass is 10.0. The lowest BCUT2D eigenvalue weighted by molar-refractivity contribution is -0.384. The number of nitrogens with one attached hydrogen (secondary N) is 2. The number of hydrogen-bond donors (Lipinski definition) is 2. The van der Waals surface area contributed by atoms with Gasteiger partial charge in [0.15, 0.2) is 0 Å². The Kier molecular flexibility index (Phi) is 7.61. The zero-order chi connectivity index (χ0) is 23.3. The van der Waals surface area contributed by atoms with E-state index in [1.807, 2.05) is 0 Å². The van der Waals surface area contributed by atoms with Crippen LogP contribution in [0.2, 0.25) is 5.02 Å². The van der Waals surface area contributed by atoms with Crippen molar-refractivity contribution in [3.05, 3.63) is 74.3 Å². The fourth-order valence-electron chi connectivity index (χ4n) is 2.67. The van der Waals surface area contributed by atoms with Crippen LogP contribution >= 0.6 is 11.6 Å². The van der Waals surface area contributed by atoms with Crippen molar-refractivity contribution < 1.29 is 27.7 Å². The minimum absolute atomic E-state index is 0.0334. The fraction of sp³-hybridized carbons (Fsp3) is 0.300. The topological polar surface area (TPSA) is 101 Å². The van der Waals surface area contributed by atoms with Crippen molar-refractivity contribution in [3.63, 3.8) is 0 Å². The molecule has 0 aliphatic heterocycles. The van der Waals surface area contributed by atoms with Gasteiger partial charge in [-0.05, 0) is 29.7 Å². The van der Waals surface area contributed by atoms with Crippen molar-refractivity contribution in [2.24, 2.45) is 5.92 Å². The normalized spacial score (nSPS) is 12.4. The van der Waals surface area contributed by atoms with Gasteiger partial charge in [-0.25, -0.2) is 0 Å². The van der Waals surface area contributed by atoms with E-state index < -0.39 is 34.5 Å². The van der Waals surface area contributed by atoms with Gasteiger partial charge in [-0.15, -0.1) is 0 Å². The third-order valence-electron chi connectivity index (χ3n) is 4.39. The van der Waals surface area contributed by atoms with Gasteiger partial charge in [0.25, 0.3) is 11.6 Å². The number of carbonyl (C=O) groups excluding carboxylic acids is 2. The second-order valence-electron chi connectivity index (χ2n) is 7.03. The van der Waals surface area contributed by atoms with E-state index in [-0.39, 0.29) is 28.7 Å². The molecule has 0 bridgehead atoms. The lowest BCUT2D eigenvalue weighted by Gasteiger charge is -2.22. The Labute approximate surface area is 180 Å². The zero-order valence-electron chi connectivity index (χ0n) is 16.5. The second kappa shape index (κ2) is 9.78. The molecule has 0 aromatic heterocycles. The molecule has 11 heteroatoms. The van der Waals surface area contributed by atoms with Crippen LogP contribution in [-0.2, 0) is 17.5 Å². The first-order valence-electron chi connectivity index (χ1n) is 9.08. The van der Waals surface area contributed by atoms with E-state index in [1.165, 1.54) is 18.2 Å². The van der Waals surface area contributed by atoms with E-state index >= 15 is 0 Å². The number of halogens is 4. The van der Waals surface area contributed by atoms with Gasteiger partial charge >= 0.3 is 6.18 Å². The van der Waals surface area contributed by atoms with Crippen LogP contribution in [0.1, 0.15) is 35.3 Å². The average molecular weight is 458 g/mol. The van der Waals surface area contributed by atoms with E-state index in [0.29, 0.717) is 5.56 Å². The highest BCUT2D eigenvalue weighted by Gasteiger charge is 2.30. The monoisotopic (exact) mass is 457 g/mol. The molecule has 0 radical (unpaired) electrons. The van der Waals surface area contributed by atoms with Gasteiger partial charge in [0, 0.05) is 18.7 Å². The van der Waals surface area contributed by atoms with Crippen LogP contribution in [0.15, 0.2) is 42.5 Å². The standard InChI is InChI=1S/C20H19ClF3N3O4/c1-11(2)17(26-18(28)15-8-7-14(27(30)31)9-16(15)21)19(29)25-10-12-3-5-13(6-4-12)20(22,23)24/h3-9,11,17H,10H2,1-2H3,(H,25,29)(H,26,28)/t17-/m0/s1. The van der Waals surface area contributed by atoms with Gasteiger partial charge < -0.3 is 10.6 Å². The Morgan fingerprint density at radius 3 is 2.23 bits per heavy atom. The number of nitro groups is 1. The average Bonchev–Trinajstić information content (AvgIpc) is 2.69. The van der Waals surface area contributed by atoms with Crippen LogP contribution in [0, 0.1) is 16.0 Å². The zero-order valence-corrected chi connectivity index (χ0v) is 17.3. The summed E-state index contributed by atoms with van der Waals surface area (Å²) in [7, 11) is 0. The smallest absolute Gasteiger partial charge is 0.350 e. The van der Waals surface area contributed by atoms with Gasteiger partial charge in [0.1, 0.15) is 6.04 Å². The third-order valence-corrected chi connectivity index (χ3v) is 4.70. The molecule has 31 heavy (non-hydrogen) atoms. The molecule has 0 spiro atoms. The first-order valence-corrected chi connectivity index (χ1v) is 9.46. The van der Waals surface area contributed by atoms with Crippen molar-refractivity contribution >= 4 is 29.1 Å². The number of carbonyl (C=O) groups is 2. The number of hydrogen-bond acceptors (Lipinski definition) is 4. The summed E-state index contributed by atoms with van der Waals surface area (Å²) in [5, 5.41) is 15.8. The summed E-state index contributed by atoms with van der Waals surface area (Å²) in [6.45, 7) is 3.36. The van der Waals surface area contributed by atoms with Crippen LogP contribution in [-0.4, -0.2) is 22.8 Å². The molecule has 2 rings (SSSR count). The number of rotatable bonds is 7. The Morgan fingerprint density at radius 2 is 1.74 bits per heavy atom. The van der Waals surface area contributed by atoms with Crippen LogP contribution in [0.4, 0.5) is 18.9 Å². The van der Waals surface area contributed by atoms with Crippen LogP contribution < -0.4 is 10.6 Å². The number of benzene rings is 2. The Hall–Kier alpha value is -3.14. The molecule has 0 saturated carbocycles. The number of alkyl halides is 3.